The Morgan fingerprint density at radius 1 is 0.800 bits per heavy atom. The summed E-state index contributed by atoms with van der Waals surface area (Å²) in [6.45, 7) is 0.607. The van der Waals surface area contributed by atoms with Crippen LogP contribution in [0.5, 0.6) is 0 Å². The molecule has 1 saturated heterocycles. The van der Waals surface area contributed by atoms with Crippen molar-refractivity contribution < 1.29 is 9.59 Å². The number of amides is 2. The van der Waals surface area contributed by atoms with E-state index in [-0.39, 0.29) is 17.7 Å². The molecule has 9 heteroatoms. The Morgan fingerprint density at radius 2 is 1.43 bits per heavy atom. The summed E-state index contributed by atoms with van der Waals surface area (Å²) in [4.78, 5) is 27.3. The summed E-state index contributed by atoms with van der Waals surface area (Å²) in [6, 6.07) is 18.3. The molecule has 3 aromatic carbocycles. The van der Waals surface area contributed by atoms with Gasteiger partial charge in [-0.2, -0.15) is 0 Å². The molecule has 1 aromatic heterocycles. The molecule has 1 aliphatic rings. The van der Waals surface area contributed by atoms with Crippen molar-refractivity contribution in [1.82, 2.24) is 9.47 Å². The Bertz CT molecular complexity index is 1530. The number of thioether (sulfide) groups is 1. The van der Waals surface area contributed by atoms with Crippen molar-refractivity contribution in [2.45, 2.75) is 13.1 Å². The van der Waals surface area contributed by atoms with Gasteiger partial charge in [-0.3, -0.25) is 14.5 Å². The average Bonchev–Trinajstić information content (AvgIpc) is 3.29. The quantitative estimate of drug-likeness (QED) is 0.229. The van der Waals surface area contributed by atoms with E-state index < -0.39 is 0 Å². The van der Waals surface area contributed by atoms with Gasteiger partial charge < -0.3 is 4.57 Å². The van der Waals surface area contributed by atoms with Crippen molar-refractivity contribution in [1.29, 1.82) is 0 Å². The van der Waals surface area contributed by atoms with E-state index in [0.717, 1.165) is 33.8 Å². The summed E-state index contributed by atoms with van der Waals surface area (Å²) >= 11 is 25.6. The van der Waals surface area contributed by atoms with Gasteiger partial charge in [0.25, 0.3) is 11.1 Å². The SMILES string of the molecule is O=C1S/C(=C/c2cn(Cc3ccc(Cl)cc3Cl)c3ccccc23)C(=O)N1Cc1ccc(Cl)cc1Cl. The Labute approximate surface area is 226 Å². The maximum Gasteiger partial charge on any atom is 0.293 e. The van der Waals surface area contributed by atoms with Crippen LogP contribution in [-0.4, -0.2) is 20.6 Å². The number of halogens is 4. The van der Waals surface area contributed by atoms with Gasteiger partial charge in [-0.05, 0) is 59.3 Å². The van der Waals surface area contributed by atoms with E-state index in [1.54, 1.807) is 36.4 Å². The second kappa shape index (κ2) is 9.92. The monoisotopic (exact) mass is 560 g/mol. The lowest BCUT2D eigenvalue weighted by molar-refractivity contribution is -0.123. The molecule has 2 amide bonds. The van der Waals surface area contributed by atoms with Gasteiger partial charge in [-0.25, -0.2) is 0 Å². The fourth-order valence-electron chi connectivity index (χ4n) is 3.95. The van der Waals surface area contributed by atoms with E-state index >= 15 is 0 Å². The first-order chi connectivity index (χ1) is 16.8. The van der Waals surface area contributed by atoms with Gasteiger partial charge in [0.05, 0.1) is 11.4 Å². The van der Waals surface area contributed by atoms with Crippen molar-refractivity contribution in [2.24, 2.45) is 0 Å². The lowest BCUT2D eigenvalue weighted by atomic mass is 10.1. The highest BCUT2D eigenvalue weighted by Crippen LogP contribution is 2.36. The molecule has 5 rings (SSSR count). The normalized spacial score (nSPS) is 15.1. The van der Waals surface area contributed by atoms with Gasteiger partial charge in [-0.1, -0.05) is 76.7 Å². The van der Waals surface area contributed by atoms with Crippen molar-refractivity contribution in [2.75, 3.05) is 0 Å². The third kappa shape index (κ3) is 4.97. The minimum absolute atomic E-state index is 0.0782. The minimum atomic E-state index is -0.358. The number of rotatable bonds is 5. The molecule has 0 aliphatic carbocycles. The Kier molecular flexibility index (Phi) is 6.88. The van der Waals surface area contributed by atoms with E-state index in [2.05, 4.69) is 4.57 Å². The van der Waals surface area contributed by atoms with Crippen LogP contribution in [0.2, 0.25) is 20.1 Å². The summed E-state index contributed by atoms with van der Waals surface area (Å²) in [6.07, 6.45) is 3.72. The molecule has 0 N–H and O–H groups in total. The van der Waals surface area contributed by atoms with Crippen molar-refractivity contribution in [3.8, 4) is 0 Å². The average molecular weight is 562 g/mol. The highest BCUT2D eigenvalue weighted by Gasteiger charge is 2.35. The zero-order chi connectivity index (χ0) is 24.7. The van der Waals surface area contributed by atoms with Crippen LogP contribution in [0.3, 0.4) is 0 Å². The standard InChI is InChI=1S/C26H16Cl4N2O2S/c27-18-7-5-15(21(29)10-18)12-31-13-17(20-3-1-2-4-23(20)31)9-24-25(33)32(26(34)35-24)14-16-6-8-19(28)11-22(16)30/h1-11,13H,12,14H2/b24-9+. The lowest BCUT2D eigenvalue weighted by Crippen LogP contribution is -2.27. The molecule has 2 heterocycles. The highest BCUT2D eigenvalue weighted by molar-refractivity contribution is 8.18. The van der Waals surface area contributed by atoms with Gasteiger partial charge in [0, 0.05) is 49.3 Å². The van der Waals surface area contributed by atoms with Gasteiger partial charge >= 0.3 is 0 Å². The number of carbonyl (C=O) groups excluding carboxylic acids is 2. The molecule has 0 spiro atoms. The molecule has 176 valence electrons. The van der Waals surface area contributed by atoms with E-state index in [1.807, 2.05) is 36.5 Å². The Morgan fingerprint density at radius 3 is 2.09 bits per heavy atom. The Balaban J connectivity index is 1.47. The number of benzene rings is 3. The molecule has 4 nitrogen and oxygen atoms in total. The van der Waals surface area contributed by atoms with E-state index in [9.17, 15) is 9.59 Å². The number of para-hydroxylation sites is 1. The van der Waals surface area contributed by atoms with E-state index in [4.69, 9.17) is 46.4 Å². The van der Waals surface area contributed by atoms with Gasteiger partial charge in [0.15, 0.2) is 0 Å². The number of fused-ring (bicyclic) bond motifs is 1. The smallest absolute Gasteiger partial charge is 0.293 e. The lowest BCUT2D eigenvalue weighted by Gasteiger charge is -2.13. The molecule has 4 aromatic rings. The van der Waals surface area contributed by atoms with Crippen LogP contribution < -0.4 is 0 Å². The van der Waals surface area contributed by atoms with E-state index in [0.29, 0.717) is 37.1 Å². The first-order valence-electron chi connectivity index (χ1n) is 10.5. The zero-order valence-corrected chi connectivity index (χ0v) is 21.8. The third-order valence-electron chi connectivity index (χ3n) is 5.68. The van der Waals surface area contributed by atoms with Crippen LogP contribution in [0.25, 0.3) is 17.0 Å². The van der Waals surface area contributed by atoms with Crippen molar-refractivity contribution in [3.63, 3.8) is 0 Å². The van der Waals surface area contributed by atoms with Crippen molar-refractivity contribution >= 4 is 86.3 Å². The third-order valence-corrected chi connectivity index (χ3v) is 7.76. The predicted octanol–water partition coefficient (Wildman–Crippen LogP) is 8.54. The van der Waals surface area contributed by atoms with Gasteiger partial charge in [0.2, 0.25) is 0 Å². The second-order valence-electron chi connectivity index (χ2n) is 7.97. The minimum Gasteiger partial charge on any atom is -0.342 e. The van der Waals surface area contributed by atoms with Gasteiger partial charge in [0.1, 0.15) is 0 Å². The molecule has 0 saturated carbocycles. The van der Waals surface area contributed by atoms with Crippen LogP contribution in [0.15, 0.2) is 71.8 Å². The second-order valence-corrected chi connectivity index (χ2v) is 10.6. The molecule has 0 radical (unpaired) electrons. The molecule has 0 unspecified atom stereocenters. The maximum atomic E-state index is 13.1. The van der Waals surface area contributed by atoms with Crippen LogP contribution in [0.1, 0.15) is 16.7 Å². The molecule has 35 heavy (non-hydrogen) atoms. The number of aromatic nitrogens is 1. The maximum absolute atomic E-state index is 13.1. The molecule has 0 bridgehead atoms. The van der Waals surface area contributed by atoms with Crippen molar-refractivity contribution in [3.05, 3.63) is 109 Å². The van der Waals surface area contributed by atoms with Crippen LogP contribution in [0.4, 0.5) is 4.79 Å². The molecular formula is C26H16Cl4N2O2S. The van der Waals surface area contributed by atoms with Gasteiger partial charge in [-0.15, -0.1) is 0 Å². The number of nitrogens with zero attached hydrogens (tertiary/aromatic N) is 2. The first kappa shape index (κ1) is 24.3. The van der Waals surface area contributed by atoms with E-state index in [1.165, 1.54) is 4.90 Å². The topological polar surface area (TPSA) is 42.3 Å². The first-order valence-corrected chi connectivity index (χ1v) is 12.8. The van der Waals surface area contributed by atoms with Crippen LogP contribution >= 0.6 is 58.2 Å². The summed E-state index contributed by atoms with van der Waals surface area (Å²) in [5, 5.41) is 2.67. The fraction of sp³-hybridized carbons (Fsp3) is 0.0769. The van der Waals surface area contributed by atoms with Crippen LogP contribution in [-0.2, 0) is 17.9 Å². The molecule has 1 aliphatic heterocycles. The Hall–Kier alpha value is -2.41. The summed E-state index contributed by atoms with van der Waals surface area (Å²) in [5.74, 6) is -0.358. The number of hydrogen-bond donors (Lipinski definition) is 0. The largest absolute Gasteiger partial charge is 0.342 e. The predicted molar refractivity (Wildman–Crippen MR) is 145 cm³/mol. The summed E-state index contributed by atoms with van der Waals surface area (Å²) in [5.41, 5.74) is 3.39. The summed E-state index contributed by atoms with van der Waals surface area (Å²) < 4.78 is 2.06. The fourth-order valence-corrected chi connectivity index (χ4v) is 5.72. The molecule has 1 fully saturated rings. The number of hydrogen-bond acceptors (Lipinski definition) is 3. The molecule has 0 atom stereocenters. The zero-order valence-electron chi connectivity index (χ0n) is 18.0. The number of carbonyl (C=O) groups is 2. The summed E-state index contributed by atoms with van der Waals surface area (Å²) in [7, 11) is 0. The highest BCUT2D eigenvalue weighted by atomic mass is 35.5. The molecular weight excluding hydrogens is 546 g/mol. The number of imide groups is 1. The van der Waals surface area contributed by atoms with Crippen LogP contribution in [0, 0.1) is 0 Å².